The molecule has 2 fully saturated rings. The van der Waals surface area contributed by atoms with Crippen LogP contribution in [0.1, 0.15) is 38.5 Å². The molecule has 1 atom stereocenters. The van der Waals surface area contributed by atoms with Gasteiger partial charge in [0.15, 0.2) is 0 Å². The second kappa shape index (κ2) is 7.70. The predicted molar refractivity (Wildman–Crippen MR) is 95.6 cm³/mol. The van der Waals surface area contributed by atoms with E-state index in [1.165, 1.54) is 6.20 Å². The van der Waals surface area contributed by atoms with Gasteiger partial charge in [-0.1, -0.05) is 6.42 Å². The molecule has 1 amide bonds. The van der Waals surface area contributed by atoms with E-state index >= 15 is 0 Å². The minimum absolute atomic E-state index is 0.241. The predicted octanol–water partition coefficient (Wildman–Crippen LogP) is 1.35. The third-order valence-corrected chi connectivity index (χ3v) is 6.89. The Morgan fingerprint density at radius 3 is 2.56 bits per heavy atom. The van der Waals surface area contributed by atoms with Gasteiger partial charge in [-0.3, -0.25) is 4.79 Å². The summed E-state index contributed by atoms with van der Waals surface area (Å²) in [7, 11) is -3.45. The Kier molecular flexibility index (Phi) is 5.58. The van der Waals surface area contributed by atoms with Gasteiger partial charge in [-0.15, -0.1) is 0 Å². The smallest absolute Gasteiger partial charge is 0.244 e. The molecular weight excluding hydrogens is 340 g/mol. The normalized spacial score (nSPS) is 22.7. The molecular formula is C17H26N4O3S. The van der Waals surface area contributed by atoms with E-state index in [4.69, 9.17) is 5.73 Å². The van der Waals surface area contributed by atoms with Gasteiger partial charge < -0.3 is 10.6 Å². The Morgan fingerprint density at radius 2 is 1.92 bits per heavy atom. The molecule has 3 heterocycles. The first kappa shape index (κ1) is 18.1. The zero-order chi connectivity index (χ0) is 17.9. The van der Waals surface area contributed by atoms with Gasteiger partial charge in [0, 0.05) is 38.8 Å². The maximum absolute atomic E-state index is 12.7. The van der Waals surface area contributed by atoms with Crippen LogP contribution in [-0.2, 0) is 14.8 Å². The fourth-order valence-electron chi connectivity index (χ4n) is 3.69. The summed E-state index contributed by atoms with van der Waals surface area (Å²) in [4.78, 5) is 17.9. The lowest BCUT2D eigenvalue weighted by Gasteiger charge is -2.33. The Labute approximate surface area is 149 Å². The van der Waals surface area contributed by atoms with E-state index < -0.39 is 10.0 Å². The second-order valence-corrected chi connectivity index (χ2v) is 8.88. The standard InChI is InChI=1S/C17H26N4O3S/c18-16(22)11-14-5-4-8-20(13-14)17-7-6-15(12-19-17)25(23,24)21-9-2-1-3-10-21/h6-7,12,14H,1-5,8-11,13H2,(H2,18,22). The molecule has 7 nitrogen and oxygen atoms in total. The first-order valence-electron chi connectivity index (χ1n) is 8.96. The van der Waals surface area contributed by atoms with Gasteiger partial charge in [0.05, 0.1) is 0 Å². The maximum Gasteiger partial charge on any atom is 0.244 e. The molecule has 0 aromatic carbocycles. The van der Waals surface area contributed by atoms with Crippen LogP contribution in [0.5, 0.6) is 0 Å². The molecule has 8 heteroatoms. The van der Waals surface area contributed by atoms with Crippen LogP contribution in [-0.4, -0.2) is 49.8 Å². The number of rotatable bonds is 5. The zero-order valence-corrected chi connectivity index (χ0v) is 15.2. The second-order valence-electron chi connectivity index (χ2n) is 6.94. The number of sulfonamides is 1. The average Bonchev–Trinajstić information content (AvgIpc) is 2.62. The Balaban J connectivity index is 1.70. The minimum atomic E-state index is -3.45. The van der Waals surface area contributed by atoms with Gasteiger partial charge in [0.1, 0.15) is 10.7 Å². The lowest BCUT2D eigenvalue weighted by atomic mass is 9.94. The molecule has 0 bridgehead atoms. The highest BCUT2D eigenvalue weighted by molar-refractivity contribution is 7.89. The molecule has 25 heavy (non-hydrogen) atoms. The van der Waals surface area contributed by atoms with E-state index in [-0.39, 0.29) is 16.7 Å². The maximum atomic E-state index is 12.7. The summed E-state index contributed by atoms with van der Waals surface area (Å²) in [5, 5.41) is 0. The van der Waals surface area contributed by atoms with Crippen molar-refractivity contribution >= 4 is 21.7 Å². The number of aromatic nitrogens is 1. The Hall–Kier alpha value is -1.67. The summed E-state index contributed by atoms with van der Waals surface area (Å²) in [6, 6.07) is 3.41. The molecule has 0 spiro atoms. The van der Waals surface area contributed by atoms with Crippen molar-refractivity contribution in [3.8, 4) is 0 Å². The summed E-state index contributed by atoms with van der Waals surface area (Å²) in [6.45, 7) is 2.77. The number of anilines is 1. The quantitative estimate of drug-likeness (QED) is 0.848. The van der Waals surface area contributed by atoms with Crippen LogP contribution in [0, 0.1) is 5.92 Å². The van der Waals surface area contributed by atoms with Crippen molar-refractivity contribution < 1.29 is 13.2 Å². The van der Waals surface area contributed by atoms with Crippen LogP contribution in [0.2, 0.25) is 0 Å². The molecule has 0 aliphatic carbocycles. The minimum Gasteiger partial charge on any atom is -0.370 e. The van der Waals surface area contributed by atoms with Crippen molar-refractivity contribution in [1.82, 2.24) is 9.29 Å². The summed E-state index contributed by atoms with van der Waals surface area (Å²) in [6.07, 6.45) is 6.73. The van der Waals surface area contributed by atoms with Gasteiger partial charge >= 0.3 is 0 Å². The number of pyridine rings is 1. The van der Waals surface area contributed by atoms with E-state index in [0.717, 1.165) is 51.0 Å². The number of primary amides is 1. The first-order chi connectivity index (χ1) is 12.0. The van der Waals surface area contributed by atoms with E-state index in [1.807, 2.05) is 0 Å². The Bertz CT molecular complexity index is 699. The number of carbonyl (C=O) groups excluding carboxylic acids is 1. The molecule has 138 valence electrons. The number of amides is 1. The lowest BCUT2D eigenvalue weighted by molar-refractivity contribution is -0.118. The Morgan fingerprint density at radius 1 is 1.16 bits per heavy atom. The largest absolute Gasteiger partial charge is 0.370 e. The highest BCUT2D eigenvalue weighted by Gasteiger charge is 2.27. The molecule has 2 aliphatic rings. The molecule has 2 aliphatic heterocycles. The number of piperidine rings is 2. The number of hydrogen-bond donors (Lipinski definition) is 1. The third kappa shape index (κ3) is 4.30. The molecule has 0 radical (unpaired) electrons. The van der Waals surface area contributed by atoms with Crippen molar-refractivity contribution in [3.05, 3.63) is 18.3 Å². The number of nitrogens with zero attached hydrogens (tertiary/aromatic N) is 3. The molecule has 2 N–H and O–H groups in total. The van der Waals surface area contributed by atoms with E-state index in [2.05, 4.69) is 9.88 Å². The van der Waals surface area contributed by atoms with Crippen molar-refractivity contribution in [2.24, 2.45) is 11.7 Å². The SMILES string of the molecule is NC(=O)CC1CCCN(c2ccc(S(=O)(=O)N3CCCCC3)cn2)C1. The van der Waals surface area contributed by atoms with Crippen LogP contribution in [0.25, 0.3) is 0 Å². The van der Waals surface area contributed by atoms with Gasteiger partial charge in [-0.25, -0.2) is 13.4 Å². The highest BCUT2D eigenvalue weighted by Crippen LogP contribution is 2.25. The van der Waals surface area contributed by atoms with Gasteiger partial charge in [0.25, 0.3) is 0 Å². The number of carbonyl (C=O) groups is 1. The summed E-state index contributed by atoms with van der Waals surface area (Å²) in [5.74, 6) is 0.722. The summed E-state index contributed by atoms with van der Waals surface area (Å²) >= 11 is 0. The van der Waals surface area contributed by atoms with Crippen LogP contribution < -0.4 is 10.6 Å². The molecule has 1 unspecified atom stereocenters. The molecule has 2 saturated heterocycles. The van der Waals surface area contributed by atoms with Crippen LogP contribution in [0.4, 0.5) is 5.82 Å². The average molecular weight is 366 g/mol. The fraction of sp³-hybridized carbons (Fsp3) is 0.647. The zero-order valence-electron chi connectivity index (χ0n) is 14.4. The van der Waals surface area contributed by atoms with E-state index in [0.29, 0.717) is 19.5 Å². The molecule has 1 aromatic heterocycles. The fourth-order valence-corrected chi connectivity index (χ4v) is 5.15. The first-order valence-corrected chi connectivity index (χ1v) is 10.4. The number of hydrogen-bond acceptors (Lipinski definition) is 5. The third-order valence-electron chi connectivity index (χ3n) is 5.01. The van der Waals surface area contributed by atoms with Gasteiger partial charge in [-0.05, 0) is 43.7 Å². The van der Waals surface area contributed by atoms with Crippen molar-refractivity contribution in [3.63, 3.8) is 0 Å². The summed E-state index contributed by atoms with van der Waals surface area (Å²) in [5.41, 5.74) is 5.30. The van der Waals surface area contributed by atoms with Crippen molar-refractivity contribution in [1.29, 1.82) is 0 Å². The topological polar surface area (TPSA) is 96.6 Å². The molecule has 1 aromatic rings. The lowest BCUT2D eigenvalue weighted by Crippen LogP contribution is -2.38. The number of nitrogens with two attached hydrogens (primary N) is 1. The van der Waals surface area contributed by atoms with E-state index in [1.54, 1.807) is 16.4 Å². The highest BCUT2D eigenvalue weighted by atomic mass is 32.2. The molecule has 3 rings (SSSR count). The van der Waals surface area contributed by atoms with Crippen molar-refractivity contribution in [2.45, 2.75) is 43.4 Å². The molecule has 0 saturated carbocycles. The van der Waals surface area contributed by atoms with Crippen molar-refractivity contribution in [2.75, 3.05) is 31.1 Å². The van der Waals surface area contributed by atoms with Gasteiger partial charge in [-0.2, -0.15) is 4.31 Å². The summed E-state index contributed by atoms with van der Waals surface area (Å²) < 4.78 is 26.9. The van der Waals surface area contributed by atoms with E-state index in [9.17, 15) is 13.2 Å². The monoisotopic (exact) mass is 366 g/mol. The van der Waals surface area contributed by atoms with Crippen LogP contribution in [0.15, 0.2) is 23.2 Å². The van der Waals surface area contributed by atoms with Crippen LogP contribution >= 0.6 is 0 Å². The van der Waals surface area contributed by atoms with Gasteiger partial charge in [0.2, 0.25) is 15.9 Å². The van der Waals surface area contributed by atoms with Crippen LogP contribution in [0.3, 0.4) is 0 Å².